The molecule has 0 bridgehead atoms. The average Bonchev–Trinajstić information content (AvgIpc) is 3.33. The third-order valence-corrected chi connectivity index (χ3v) is 11.4. The first kappa shape index (κ1) is 58.6. The fraction of sp³-hybridized carbons (Fsp3) is 0.261. The number of aliphatic hydroxyl groups is 4. The van der Waals surface area contributed by atoms with Crippen molar-refractivity contribution < 1.29 is 90.3 Å². The summed E-state index contributed by atoms with van der Waals surface area (Å²) >= 11 is 24.1. The van der Waals surface area contributed by atoms with Crippen molar-refractivity contribution in [2.75, 3.05) is 50.0 Å². The molecule has 0 aliphatic carbocycles. The summed E-state index contributed by atoms with van der Waals surface area (Å²) in [6.45, 7) is 3.42. The molecule has 5 aromatic rings. The molecule has 0 saturated carbocycles. The number of non-ortho nitro benzene ring substituents is 1. The molecule has 0 saturated heterocycles. The van der Waals surface area contributed by atoms with E-state index in [1.54, 1.807) is 36.5 Å². The number of halogens is 7. The largest absolute Gasteiger partial charge is 0.573 e. The van der Waals surface area contributed by atoms with Gasteiger partial charge >= 0.3 is 18.5 Å². The number of alkyl halides is 3. The molecule has 2 aliphatic rings. The molecule has 2 aliphatic heterocycles. The molecule has 2 atom stereocenters. The van der Waals surface area contributed by atoms with Crippen molar-refractivity contribution in [2.45, 2.75) is 38.3 Å². The van der Waals surface area contributed by atoms with Gasteiger partial charge in [-0.15, -0.1) is 13.2 Å². The molecule has 0 unspecified atom stereocenters. The van der Waals surface area contributed by atoms with Gasteiger partial charge in [-0.25, -0.2) is 9.59 Å². The van der Waals surface area contributed by atoms with Gasteiger partial charge in [-0.2, -0.15) is 0 Å². The van der Waals surface area contributed by atoms with Gasteiger partial charge in [0.15, 0.2) is 0 Å². The van der Waals surface area contributed by atoms with E-state index in [9.17, 15) is 43.1 Å². The van der Waals surface area contributed by atoms with Gasteiger partial charge < -0.3 is 45.4 Å². The number of benzene rings is 3. The van der Waals surface area contributed by atoms with Crippen LogP contribution in [0, 0.1) is 17.0 Å². The van der Waals surface area contributed by atoms with Crippen molar-refractivity contribution in [2.24, 2.45) is 0 Å². The maximum Gasteiger partial charge on any atom is 0.573 e. The Labute approximate surface area is 449 Å². The molecule has 375 valence electrons. The Bertz CT molecular complexity index is 2720. The van der Waals surface area contributed by atoms with E-state index in [4.69, 9.17) is 61.4 Å². The topological polar surface area (TPSA) is 242 Å². The number of aliphatic hydroxyl groups excluding tert-OH is 4. The van der Waals surface area contributed by atoms with Crippen LogP contribution in [0.1, 0.15) is 53.1 Å². The smallest absolute Gasteiger partial charge is 0.410 e. The number of nitrogens with one attached hydrogen (secondary N) is 3. The standard InChI is InChI=1S/C20H18Cl2F3N3O4.C14H11ClN2O4.C12H15ClN2O2.Y/c21-14-8-13(1-2-17(14)32-20(23,24)25)27-19(31)28-5-3-11(4-6-28)18-15(22)7-12(9-26-18)16(30)10-29;1-9-2-3-10(8-13(9)15)16-14(18)21-12-6-4-11(5-7-12)17(19)20;13-10-5-9(11(17)7-16)6-15-12(10)8-1-3-14-4-2-8;/h1-3,7-9,16,29-30H,4-6,10H2,(H,27,31);2-8H,1H3,(H,16,18);1,5-6,11,14,16-17H,2-4,7H2;/t16-;;11-;/m1.1./s1. The first-order valence-corrected chi connectivity index (χ1v) is 22.3. The number of nitrogens with zero attached hydrogens (tertiary/aromatic N) is 4. The van der Waals surface area contributed by atoms with E-state index in [0.717, 1.165) is 54.0 Å². The van der Waals surface area contributed by atoms with E-state index < -0.39 is 48.0 Å². The second kappa shape index (κ2) is 27.7. The Morgan fingerprint density at radius 3 is 1.86 bits per heavy atom. The van der Waals surface area contributed by atoms with E-state index in [-0.39, 0.29) is 68.0 Å². The number of carbonyl (C=O) groups excluding carboxylic acids is 2. The summed E-state index contributed by atoms with van der Waals surface area (Å²) in [5.41, 5.74) is 5.69. The van der Waals surface area contributed by atoms with E-state index in [1.165, 1.54) is 47.5 Å². The SMILES string of the molecule is Cc1ccc(NC(=O)Oc2ccc([N+](=O)[O-])cc2)cc1Cl.O=C(Nc1ccc(OC(F)(F)F)c(Cl)c1)N1CC=C(c2ncc([C@H](O)CO)cc2Cl)CC1.OC[C@@H](O)c1cnc(C2=CCNCC2)c(Cl)c1.[Y]. The summed E-state index contributed by atoms with van der Waals surface area (Å²) in [6, 6.07) is 16.4. The molecule has 2 aromatic heterocycles. The Morgan fingerprint density at radius 2 is 1.38 bits per heavy atom. The van der Waals surface area contributed by atoms with Crippen LogP contribution < -0.4 is 25.4 Å². The number of carbonyl (C=O) groups is 2. The summed E-state index contributed by atoms with van der Waals surface area (Å²) in [4.78, 5) is 44.2. The number of anilines is 2. The first-order valence-electron chi connectivity index (χ1n) is 20.8. The van der Waals surface area contributed by atoms with E-state index in [1.807, 2.05) is 6.92 Å². The minimum Gasteiger partial charge on any atom is -0.410 e. The predicted octanol–water partition coefficient (Wildman–Crippen LogP) is 9.94. The van der Waals surface area contributed by atoms with Crippen LogP contribution in [-0.4, -0.2) is 98.1 Å². The summed E-state index contributed by atoms with van der Waals surface area (Å²) in [5, 5.41) is 56.9. The number of aryl methyl sites for hydroxylation is 1. The third-order valence-electron chi connectivity index (χ3n) is 10.1. The van der Waals surface area contributed by atoms with Crippen LogP contribution in [0.3, 0.4) is 0 Å². The average molecular weight is 1140 g/mol. The van der Waals surface area contributed by atoms with Crippen molar-refractivity contribution in [3.05, 3.63) is 156 Å². The zero-order chi connectivity index (χ0) is 51.1. The number of amides is 3. The van der Waals surface area contributed by atoms with Crippen LogP contribution in [0.2, 0.25) is 20.1 Å². The fourth-order valence-electron chi connectivity index (χ4n) is 6.41. The van der Waals surface area contributed by atoms with Crippen LogP contribution in [0.15, 0.2) is 97.3 Å². The number of aromatic nitrogens is 2. The van der Waals surface area contributed by atoms with Gasteiger partial charge in [-0.3, -0.25) is 25.4 Å². The Morgan fingerprint density at radius 1 is 0.817 bits per heavy atom. The van der Waals surface area contributed by atoms with Crippen LogP contribution in [-0.2, 0) is 32.7 Å². The van der Waals surface area contributed by atoms with Gasteiger partial charge in [0, 0.05) is 104 Å². The van der Waals surface area contributed by atoms with Crippen molar-refractivity contribution in [3.8, 4) is 11.5 Å². The van der Waals surface area contributed by atoms with Gasteiger partial charge in [0.1, 0.15) is 23.7 Å². The van der Waals surface area contributed by atoms with Gasteiger partial charge in [0.25, 0.3) is 5.69 Å². The van der Waals surface area contributed by atoms with Crippen LogP contribution in [0.4, 0.5) is 39.8 Å². The molecule has 3 aromatic carbocycles. The first-order chi connectivity index (χ1) is 33.2. The van der Waals surface area contributed by atoms with E-state index in [0.29, 0.717) is 50.5 Å². The second-order valence-corrected chi connectivity index (χ2v) is 16.7. The van der Waals surface area contributed by atoms with Crippen LogP contribution in [0.5, 0.6) is 11.5 Å². The molecule has 1 radical (unpaired) electrons. The number of nitro benzene ring substituents is 1. The van der Waals surface area contributed by atoms with Gasteiger partial charge in [0.05, 0.1) is 44.6 Å². The molecule has 3 amide bonds. The molecule has 4 heterocycles. The minimum atomic E-state index is -4.87. The van der Waals surface area contributed by atoms with Crippen molar-refractivity contribution >= 4 is 86.7 Å². The molecule has 17 nitrogen and oxygen atoms in total. The Hall–Kier alpha value is -4.97. The minimum absolute atomic E-state index is 0. The van der Waals surface area contributed by atoms with Crippen molar-refractivity contribution in [3.63, 3.8) is 0 Å². The summed E-state index contributed by atoms with van der Waals surface area (Å²) < 4.78 is 45.8. The Kier molecular flexibility index (Phi) is 22.9. The van der Waals surface area contributed by atoms with E-state index in [2.05, 4.69) is 36.7 Å². The van der Waals surface area contributed by atoms with Gasteiger partial charge in [-0.05, 0) is 97.6 Å². The number of hydrogen-bond donors (Lipinski definition) is 7. The maximum absolute atomic E-state index is 12.5. The van der Waals surface area contributed by atoms with Gasteiger partial charge in [-0.1, -0.05) is 64.6 Å². The molecule has 0 fully saturated rings. The van der Waals surface area contributed by atoms with Crippen LogP contribution >= 0.6 is 46.4 Å². The van der Waals surface area contributed by atoms with Crippen LogP contribution in [0.25, 0.3) is 11.1 Å². The van der Waals surface area contributed by atoms with Crippen molar-refractivity contribution in [1.82, 2.24) is 20.2 Å². The number of nitro groups is 1. The molecule has 7 N–H and O–H groups in total. The molecule has 25 heteroatoms. The maximum atomic E-state index is 12.5. The fourth-order valence-corrected chi connectivity index (χ4v) is 7.40. The molecular formula is C46H44Cl4F3N7O10Y. The van der Waals surface area contributed by atoms with Gasteiger partial charge in [0.2, 0.25) is 0 Å². The number of urea groups is 1. The summed E-state index contributed by atoms with van der Waals surface area (Å²) in [6.07, 6.45) is 0.629. The molecule has 0 spiro atoms. The van der Waals surface area contributed by atoms with E-state index >= 15 is 0 Å². The zero-order valence-electron chi connectivity index (χ0n) is 37.3. The Balaban J connectivity index is 0.000000243. The summed E-state index contributed by atoms with van der Waals surface area (Å²) in [7, 11) is 0. The summed E-state index contributed by atoms with van der Waals surface area (Å²) in [5.74, 6) is -0.360. The quantitative estimate of drug-likeness (QED) is 0.0482. The monoisotopic (exact) mass is 1140 g/mol. The number of ether oxygens (including phenoxy) is 2. The third kappa shape index (κ3) is 17.9. The number of rotatable bonds is 11. The number of hydrogen-bond acceptors (Lipinski definition) is 13. The predicted molar refractivity (Wildman–Crippen MR) is 258 cm³/mol. The molecule has 7 rings (SSSR count). The van der Waals surface area contributed by atoms with Crippen molar-refractivity contribution in [1.29, 1.82) is 0 Å². The number of pyridine rings is 2. The molecular weight excluding hydrogens is 1100 g/mol. The normalized spacial score (nSPS) is 14.1. The molecule has 71 heavy (non-hydrogen) atoms. The zero-order valence-corrected chi connectivity index (χ0v) is 43.2. The second-order valence-electron chi connectivity index (χ2n) is 15.1.